The van der Waals surface area contributed by atoms with E-state index in [0.29, 0.717) is 33.3 Å². The van der Waals surface area contributed by atoms with Gasteiger partial charge >= 0.3 is 0 Å². The monoisotopic (exact) mass is 388 g/mol. The molecule has 0 amide bonds. The maximum Gasteiger partial charge on any atom is 0.261 e. The Morgan fingerprint density at radius 2 is 1.96 bits per heavy atom. The van der Waals surface area contributed by atoms with Crippen LogP contribution < -0.4 is 5.56 Å². The summed E-state index contributed by atoms with van der Waals surface area (Å²) in [5.74, 6) is 0.690. The summed E-state index contributed by atoms with van der Waals surface area (Å²) in [5, 5.41) is 1.31. The van der Waals surface area contributed by atoms with E-state index in [4.69, 9.17) is 23.2 Å². The van der Waals surface area contributed by atoms with Gasteiger partial charge in [0.2, 0.25) is 0 Å². The smallest absolute Gasteiger partial charge is 0.261 e. The third kappa shape index (κ3) is 2.99. The molecule has 1 aliphatic rings. The predicted molar refractivity (Wildman–Crippen MR) is 107 cm³/mol. The number of hydrogen-bond donors (Lipinski definition) is 0. The first-order valence-electron chi connectivity index (χ1n) is 7.81. The van der Waals surface area contributed by atoms with Crippen molar-refractivity contribution in [3.05, 3.63) is 68.2 Å². The Labute approximate surface area is 159 Å². The second-order valence-electron chi connectivity index (χ2n) is 5.87. The van der Waals surface area contributed by atoms with Gasteiger partial charge in [0.15, 0.2) is 0 Å². The number of fused-ring (bicyclic) bond motifs is 2. The normalized spacial score (nSPS) is 15.1. The Balaban J connectivity index is 1.87. The predicted octanol–water partition coefficient (Wildman–Crippen LogP) is 5.37. The highest BCUT2D eigenvalue weighted by Crippen LogP contribution is 2.31. The quantitative estimate of drug-likeness (QED) is 0.553. The molecule has 0 radical (unpaired) electrons. The van der Waals surface area contributed by atoms with Gasteiger partial charge in [-0.1, -0.05) is 35.3 Å². The highest BCUT2D eigenvalue weighted by molar-refractivity contribution is 7.98. The summed E-state index contributed by atoms with van der Waals surface area (Å²) in [6.45, 7) is 0.621. The summed E-state index contributed by atoms with van der Waals surface area (Å²) in [6.07, 6.45) is 4.91. The zero-order chi connectivity index (χ0) is 17.6. The zero-order valence-corrected chi connectivity index (χ0v) is 15.8. The van der Waals surface area contributed by atoms with E-state index in [1.54, 1.807) is 28.5 Å². The largest absolute Gasteiger partial charge is 0.292 e. The Kier molecular flexibility index (Phi) is 4.36. The van der Waals surface area contributed by atoms with Crippen LogP contribution in [0.3, 0.4) is 0 Å². The molecule has 6 heteroatoms. The van der Waals surface area contributed by atoms with Gasteiger partial charge in [-0.05, 0) is 54.2 Å². The first-order chi connectivity index (χ1) is 12.1. The minimum absolute atomic E-state index is 0.0921. The van der Waals surface area contributed by atoms with Crippen LogP contribution in [0.4, 0.5) is 0 Å². The lowest BCUT2D eigenvalue weighted by atomic mass is 10.1. The number of hydrogen-bond acceptors (Lipinski definition) is 3. The van der Waals surface area contributed by atoms with Gasteiger partial charge in [0.05, 0.1) is 15.9 Å². The third-order valence-corrected chi connectivity index (χ3v) is 5.58. The molecule has 25 heavy (non-hydrogen) atoms. The fourth-order valence-electron chi connectivity index (χ4n) is 3.09. The standard InChI is InChI=1S/C19H14Cl2N2OS/c1-25-14-4-2-11(3-5-14)8-12-6-7-23-18(12)22-17-15(19(23)24)9-13(20)10-16(17)21/h2-5,8-10H,6-7H2,1H3/b12-8+. The molecule has 0 N–H and O–H groups in total. The lowest BCUT2D eigenvalue weighted by molar-refractivity contribution is 0.725. The van der Waals surface area contributed by atoms with Crippen molar-refractivity contribution in [2.45, 2.75) is 17.9 Å². The summed E-state index contributed by atoms with van der Waals surface area (Å²) in [4.78, 5) is 18.7. The Morgan fingerprint density at radius 1 is 1.20 bits per heavy atom. The van der Waals surface area contributed by atoms with Crippen molar-refractivity contribution >= 4 is 57.5 Å². The van der Waals surface area contributed by atoms with Gasteiger partial charge in [0.1, 0.15) is 5.82 Å². The van der Waals surface area contributed by atoms with Crippen LogP contribution in [0.2, 0.25) is 10.0 Å². The topological polar surface area (TPSA) is 34.9 Å². The summed E-state index contributed by atoms with van der Waals surface area (Å²) in [6, 6.07) is 11.6. The third-order valence-electron chi connectivity index (χ3n) is 4.33. The SMILES string of the molecule is CSc1ccc(/C=C2\CCn3c2nc2c(Cl)cc(Cl)cc2c3=O)cc1. The molecule has 0 saturated heterocycles. The van der Waals surface area contributed by atoms with Crippen molar-refractivity contribution in [3.8, 4) is 0 Å². The van der Waals surface area contributed by atoms with Crippen molar-refractivity contribution in [1.82, 2.24) is 9.55 Å². The van der Waals surface area contributed by atoms with Gasteiger partial charge in [-0.15, -0.1) is 11.8 Å². The highest BCUT2D eigenvalue weighted by Gasteiger charge is 2.22. The molecule has 3 aromatic rings. The van der Waals surface area contributed by atoms with Crippen LogP contribution in [-0.2, 0) is 6.54 Å². The van der Waals surface area contributed by atoms with Gasteiger partial charge in [0, 0.05) is 16.5 Å². The number of nitrogens with zero attached hydrogens (tertiary/aromatic N) is 2. The van der Waals surface area contributed by atoms with Crippen molar-refractivity contribution < 1.29 is 0 Å². The minimum Gasteiger partial charge on any atom is -0.292 e. The molecule has 0 atom stereocenters. The maximum absolute atomic E-state index is 12.8. The van der Waals surface area contributed by atoms with Crippen LogP contribution in [0.1, 0.15) is 17.8 Å². The Hall–Kier alpha value is -1.75. The van der Waals surface area contributed by atoms with Gasteiger partial charge in [-0.25, -0.2) is 4.98 Å². The fraction of sp³-hybridized carbons (Fsp3) is 0.158. The molecule has 2 aromatic carbocycles. The van der Waals surface area contributed by atoms with E-state index in [2.05, 4.69) is 41.6 Å². The number of thioether (sulfide) groups is 1. The van der Waals surface area contributed by atoms with Crippen LogP contribution in [-0.4, -0.2) is 15.8 Å². The molecular formula is C19H14Cl2N2OS. The van der Waals surface area contributed by atoms with Gasteiger partial charge < -0.3 is 0 Å². The number of rotatable bonds is 2. The highest BCUT2D eigenvalue weighted by atomic mass is 35.5. The van der Waals surface area contributed by atoms with Crippen LogP contribution in [0.5, 0.6) is 0 Å². The summed E-state index contributed by atoms with van der Waals surface area (Å²) in [7, 11) is 0. The van der Waals surface area contributed by atoms with Crippen LogP contribution in [0, 0.1) is 0 Å². The molecule has 0 fully saturated rings. The molecule has 0 aliphatic carbocycles. The van der Waals surface area contributed by atoms with Crippen LogP contribution in [0.15, 0.2) is 46.1 Å². The molecule has 0 saturated carbocycles. The molecule has 2 heterocycles. The minimum atomic E-state index is -0.0921. The Bertz CT molecular complexity index is 1070. The summed E-state index contributed by atoms with van der Waals surface area (Å²) in [5.41, 5.74) is 2.55. The van der Waals surface area contributed by atoms with Gasteiger partial charge in [-0.3, -0.25) is 9.36 Å². The van der Waals surface area contributed by atoms with E-state index in [-0.39, 0.29) is 5.56 Å². The Morgan fingerprint density at radius 3 is 2.68 bits per heavy atom. The van der Waals surface area contributed by atoms with E-state index in [9.17, 15) is 4.79 Å². The van der Waals surface area contributed by atoms with E-state index >= 15 is 0 Å². The molecule has 4 rings (SSSR count). The first kappa shape index (κ1) is 16.7. The number of allylic oxidation sites excluding steroid dienone is 1. The lowest BCUT2D eigenvalue weighted by Gasteiger charge is -2.07. The van der Waals surface area contributed by atoms with Crippen molar-refractivity contribution in [2.75, 3.05) is 6.26 Å². The van der Waals surface area contributed by atoms with E-state index in [0.717, 1.165) is 17.6 Å². The van der Waals surface area contributed by atoms with E-state index < -0.39 is 0 Å². The van der Waals surface area contributed by atoms with E-state index in [1.165, 1.54) is 4.90 Å². The van der Waals surface area contributed by atoms with Gasteiger partial charge in [-0.2, -0.15) is 0 Å². The molecule has 126 valence electrons. The fourth-order valence-corrected chi connectivity index (χ4v) is 4.03. The van der Waals surface area contributed by atoms with Crippen molar-refractivity contribution in [3.63, 3.8) is 0 Å². The summed E-state index contributed by atoms with van der Waals surface area (Å²) >= 11 is 14.0. The number of aromatic nitrogens is 2. The van der Waals surface area contributed by atoms with Crippen molar-refractivity contribution in [1.29, 1.82) is 0 Å². The second-order valence-corrected chi connectivity index (χ2v) is 7.59. The van der Waals surface area contributed by atoms with E-state index in [1.807, 2.05) is 0 Å². The van der Waals surface area contributed by atoms with Crippen LogP contribution >= 0.6 is 35.0 Å². The number of halogens is 2. The zero-order valence-electron chi connectivity index (χ0n) is 13.4. The summed E-state index contributed by atoms with van der Waals surface area (Å²) < 4.78 is 1.71. The molecule has 0 bridgehead atoms. The van der Waals surface area contributed by atoms with Crippen molar-refractivity contribution in [2.24, 2.45) is 0 Å². The number of benzene rings is 2. The maximum atomic E-state index is 12.8. The van der Waals surface area contributed by atoms with Crippen LogP contribution in [0.25, 0.3) is 22.6 Å². The molecule has 1 aromatic heterocycles. The first-order valence-corrected chi connectivity index (χ1v) is 9.79. The van der Waals surface area contributed by atoms with Gasteiger partial charge in [0.25, 0.3) is 5.56 Å². The average Bonchev–Trinajstić information content (AvgIpc) is 3.00. The molecular weight excluding hydrogens is 375 g/mol. The molecule has 3 nitrogen and oxygen atoms in total. The molecule has 0 unspecified atom stereocenters. The average molecular weight is 389 g/mol. The molecule has 0 spiro atoms. The molecule has 1 aliphatic heterocycles. The lowest BCUT2D eigenvalue weighted by Crippen LogP contribution is -2.20. The second kappa shape index (κ2) is 6.52.